The lowest BCUT2D eigenvalue weighted by molar-refractivity contribution is 0.216. The lowest BCUT2D eigenvalue weighted by Gasteiger charge is -2.19. The minimum absolute atomic E-state index is 0.180. The van der Waals surface area contributed by atoms with Crippen molar-refractivity contribution in [1.82, 2.24) is 9.88 Å². The Bertz CT molecular complexity index is 638. The number of rotatable bonds is 3. The SMILES string of the molecule is Cc1cc(C)c(NC(=O)N(C)Cc2ccc(C)o2)c(C)n1. The van der Waals surface area contributed by atoms with Gasteiger partial charge in [-0.3, -0.25) is 4.98 Å². The molecule has 2 aromatic heterocycles. The summed E-state index contributed by atoms with van der Waals surface area (Å²) >= 11 is 0. The van der Waals surface area contributed by atoms with Gasteiger partial charge < -0.3 is 14.6 Å². The van der Waals surface area contributed by atoms with Crippen LogP contribution in [0.2, 0.25) is 0 Å². The second-order valence-electron chi connectivity index (χ2n) is 5.34. The molecule has 5 heteroatoms. The third-order valence-corrected chi connectivity index (χ3v) is 3.29. The molecule has 0 spiro atoms. The Morgan fingerprint density at radius 3 is 2.57 bits per heavy atom. The first-order chi connectivity index (χ1) is 9.86. The van der Waals surface area contributed by atoms with Crippen LogP contribution in [0.3, 0.4) is 0 Å². The van der Waals surface area contributed by atoms with E-state index < -0.39 is 0 Å². The second-order valence-corrected chi connectivity index (χ2v) is 5.34. The summed E-state index contributed by atoms with van der Waals surface area (Å²) in [7, 11) is 1.74. The number of anilines is 1. The number of hydrogen-bond acceptors (Lipinski definition) is 3. The number of urea groups is 1. The van der Waals surface area contributed by atoms with Crippen LogP contribution in [0.15, 0.2) is 22.6 Å². The molecule has 0 saturated carbocycles. The molecule has 0 aliphatic carbocycles. The molecule has 0 atom stereocenters. The minimum Gasteiger partial charge on any atom is -0.464 e. The topological polar surface area (TPSA) is 58.4 Å². The second kappa shape index (κ2) is 5.99. The number of furan rings is 1. The zero-order valence-corrected chi connectivity index (χ0v) is 13.2. The number of carbonyl (C=O) groups is 1. The van der Waals surface area contributed by atoms with Crippen LogP contribution in [-0.2, 0) is 6.54 Å². The van der Waals surface area contributed by atoms with Crippen molar-refractivity contribution in [3.05, 3.63) is 46.7 Å². The van der Waals surface area contributed by atoms with Gasteiger partial charge in [-0.2, -0.15) is 0 Å². The Kier molecular flexibility index (Phi) is 4.31. The fraction of sp³-hybridized carbons (Fsp3) is 0.375. The zero-order valence-electron chi connectivity index (χ0n) is 13.2. The van der Waals surface area contributed by atoms with E-state index in [1.807, 2.05) is 45.9 Å². The highest BCUT2D eigenvalue weighted by molar-refractivity contribution is 5.90. The van der Waals surface area contributed by atoms with E-state index >= 15 is 0 Å². The summed E-state index contributed by atoms with van der Waals surface area (Å²) in [5.74, 6) is 1.61. The Morgan fingerprint density at radius 1 is 1.29 bits per heavy atom. The van der Waals surface area contributed by atoms with Crippen LogP contribution in [0, 0.1) is 27.7 Å². The monoisotopic (exact) mass is 287 g/mol. The molecular weight excluding hydrogens is 266 g/mol. The van der Waals surface area contributed by atoms with E-state index in [4.69, 9.17) is 4.42 Å². The number of amides is 2. The highest BCUT2D eigenvalue weighted by Gasteiger charge is 2.14. The Balaban J connectivity index is 2.07. The highest BCUT2D eigenvalue weighted by Crippen LogP contribution is 2.20. The van der Waals surface area contributed by atoms with Crippen LogP contribution in [-0.4, -0.2) is 23.0 Å². The predicted molar refractivity (Wildman–Crippen MR) is 82.4 cm³/mol. The summed E-state index contributed by atoms with van der Waals surface area (Å²) < 4.78 is 5.48. The molecule has 2 aromatic rings. The van der Waals surface area contributed by atoms with Gasteiger partial charge >= 0.3 is 6.03 Å². The van der Waals surface area contributed by atoms with Crippen LogP contribution in [0.25, 0.3) is 0 Å². The van der Waals surface area contributed by atoms with Crippen molar-refractivity contribution in [1.29, 1.82) is 0 Å². The number of aromatic nitrogens is 1. The van der Waals surface area contributed by atoms with Gasteiger partial charge in [-0.15, -0.1) is 0 Å². The summed E-state index contributed by atoms with van der Waals surface area (Å²) in [5.41, 5.74) is 3.55. The van der Waals surface area contributed by atoms with Crippen LogP contribution in [0.4, 0.5) is 10.5 Å². The van der Waals surface area contributed by atoms with Crippen molar-refractivity contribution in [2.75, 3.05) is 12.4 Å². The van der Waals surface area contributed by atoms with Crippen molar-refractivity contribution in [2.45, 2.75) is 34.2 Å². The van der Waals surface area contributed by atoms with E-state index in [1.165, 1.54) is 0 Å². The molecule has 0 radical (unpaired) electrons. The molecule has 2 amide bonds. The Morgan fingerprint density at radius 2 is 2.00 bits per heavy atom. The molecule has 2 rings (SSSR count). The molecule has 112 valence electrons. The Hall–Kier alpha value is -2.30. The molecular formula is C16H21N3O2. The maximum atomic E-state index is 12.3. The first kappa shape index (κ1) is 15.1. The van der Waals surface area contributed by atoms with Crippen LogP contribution < -0.4 is 5.32 Å². The smallest absolute Gasteiger partial charge is 0.322 e. The third-order valence-electron chi connectivity index (χ3n) is 3.29. The summed E-state index contributed by atoms with van der Waals surface area (Å²) in [4.78, 5) is 18.2. The standard InChI is InChI=1S/C16H21N3O2/c1-10-8-11(2)17-13(4)15(10)18-16(20)19(5)9-14-7-6-12(3)21-14/h6-8H,9H2,1-5H3,(H,18,20). The van der Waals surface area contributed by atoms with Crippen LogP contribution >= 0.6 is 0 Å². The largest absolute Gasteiger partial charge is 0.464 e. The molecule has 5 nitrogen and oxygen atoms in total. The molecule has 0 bridgehead atoms. The molecule has 0 aliphatic heterocycles. The van der Waals surface area contributed by atoms with Gasteiger partial charge in [0.25, 0.3) is 0 Å². The first-order valence-electron chi connectivity index (χ1n) is 6.89. The van der Waals surface area contributed by atoms with Crippen LogP contribution in [0.5, 0.6) is 0 Å². The lowest BCUT2D eigenvalue weighted by atomic mass is 10.1. The van der Waals surface area contributed by atoms with E-state index in [-0.39, 0.29) is 6.03 Å². The molecule has 0 unspecified atom stereocenters. The number of hydrogen-bond donors (Lipinski definition) is 1. The maximum Gasteiger partial charge on any atom is 0.322 e. The minimum atomic E-state index is -0.180. The Labute approximate surface area is 125 Å². The fourth-order valence-corrected chi connectivity index (χ4v) is 2.29. The number of nitrogens with one attached hydrogen (secondary N) is 1. The summed E-state index contributed by atoms with van der Waals surface area (Å²) in [6.07, 6.45) is 0. The maximum absolute atomic E-state index is 12.3. The van der Waals surface area contributed by atoms with E-state index in [0.29, 0.717) is 6.54 Å². The van der Waals surface area contributed by atoms with Gasteiger partial charge in [0.05, 0.1) is 17.9 Å². The van der Waals surface area contributed by atoms with E-state index in [9.17, 15) is 4.79 Å². The number of nitrogens with zero attached hydrogens (tertiary/aromatic N) is 2. The molecule has 0 aliphatic rings. The van der Waals surface area contributed by atoms with Crippen molar-refractivity contribution >= 4 is 11.7 Å². The van der Waals surface area contributed by atoms with E-state index in [2.05, 4.69) is 10.3 Å². The molecule has 1 N–H and O–H groups in total. The van der Waals surface area contributed by atoms with Gasteiger partial charge in [-0.05, 0) is 51.5 Å². The normalized spacial score (nSPS) is 10.5. The molecule has 2 heterocycles. The quantitative estimate of drug-likeness (QED) is 0.938. The van der Waals surface area contributed by atoms with E-state index in [0.717, 1.165) is 34.2 Å². The summed E-state index contributed by atoms with van der Waals surface area (Å²) in [6, 6.07) is 5.54. The first-order valence-corrected chi connectivity index (χ1v) is 6.89. The van der Waals surface area contributed by atoms with Gasteiger partial charge in [-0.25, -0.2) is 4.79 Å². The van der Waals surface area contributed by atoms with Gasteiger partial charge in [0, 0.05) is 12.7 Å². The molecule has 0 saturated heterocycles. The predicted octanol–water partition coefficient (Wildman–Crippen LogP) is 3.57. The highest BCUT2D eigenvalue weighted by atomic mass is 16.3. The number of aryl methyl sites for hydroxylation is 4. The number of pyridine rings is 1. The average Bonchev–Trinajstić information content (AvgIpc) is 2.78. The van der Waals surface area contributed by atoms with Crippen molar-refractivity contribution < 1.29 is 9.21 Å². The lowest BCUT2D eigenvalue weighted by Crippen LogP contribution is -2.31. The summed E-state index contributed by atoms with van der Waals surface area (Å²) in [5, 5.41) is 2.92. The van der Waals surface area contributed by atoms with Gasteiger partial charge in [0.2, 0.25) is 0 Å². The number of carbonyl (C=O) groups excluding carboxylic acids is 1. The molecule has 0 fully saturated rings. The van der Waals surface area contributed by atoms with Crippen molar-refractivity contribution in [2.24, 2.45) is 0 Å². The van der Waals surface area contributed by atoms with Crippen LogP contribution in [0.1, 0.15) is 28.5 Å². The van der Waals surface area contributed by atoms with Crippen molar-refractivity contribution in [3.8, 4) is 0 Å². The average molecular weight is 287 g/mol. The van der Waals surface area contributed by atoms with Gasteiger partial charge in [0.15, 0.2) is 0 Å². The summed E-state index contributed by atoms with van der Waals surface area (Å²) in [6.45, 7) is 8.11. The van der Waals surface area contributed by atoms with Gasteiger partial charge in [0.1, 0.15) is 11.5 Å². The third kappa shape index (κ3) is 3.62. The van der Waals surface area contributed by atoms with E-state index in [1.54, 1.807) is 11.9 Å². The molecule has 0 aromatic carbocycles. The van der Waals surface area contributed by atoms with Crippen molar-refractivity contribution in [3.63, 3.8) is 0 Å². The van der Waals surface area contributed by atoms with Gasteiger partial charge in [-0.1, -0.05) is 0 Å². The fourth-order valence-electron chi connectivity index (χ4n) is 2.29. The molecule has 21 heavy (non-hydrogen) atoms. The zero-order chi connectivity index (χ0) is 15.6.